The molecule has 4 rings (SSSR count). The zero-order valence-corrected chi connectivity index (χ0v) is 18.8. The zero-order valence-electron chi connectivity index (χ0n) is 17.3. The van der Waals surface area contributed by atoms with E-state index in [9.17, 15) is 0 Å². The zero-order chi connectivity index (χ0) is 21.3. The third kappa shape index (κ3) is 4.36. The quantitative estimate of drug-likeness (QED) is 0.352. The predicted molar refractivity (Wildman–Crippen MR) is 129 cm³/mol. The molecule has 0 saturated carbocycles. The minimum absolute atomic E-state index is 0.542. The molecule has 1 aromatic heterocycles. The van der Waals surface area contributed by atoms with Crippen molar-refractivity contribution in [1.82, 2.24) is 14.9 Å². The molecular weight excluding hydrogens is 415 g/mol. The van der Waals surface area contributed by atoms with Gasteiger partial charge < -0.3 is 10.2 Å². The van der Waals surface area contributed by atoms with Crippen LogP contribution in [0.3, 0.4) is 0 Å². The molecule has 3 aromatic carbocycles. The molecule has 0 spiro atoms. The lowest BCUT2D eigenvalue weighted by atomic mass is 10.1. The smallest absolute Gasteiger partial charge is 0.162 e. The lowest BCUT2D eigenvalue weighted by Crippen LogP contribution is -2.17. The van der Waals surface area contributed by atoms with Gasteiger partial charge in [-0.15, -0.1) is 0 Å². The first kappa shape index (κ1) is 20.9. The van der Waals surface area contributed by atoms with Crippen LogP contribution in [0.1, 0.15) is 12.0 Å². The number of nitrogens with one attached hydrogen (secondary N) is 1. The van der Waals surface area contributed by atoms with Gasteiger partial charge in [0.2, 0.25) is 0 Å². The number of aromatic nitrogens is 2. The molecule has 154 valence electrons. The molecule has 1 N–H and O–H groups in total. The van der Waals surface area contributed by atoms with Crippen molar-refractivity contribution in [1.29, 1.82) is 0 Å². The molecule has 30 heavy (non-hydrogen) atoms. The van der Waals surface area contributed by atoms with Crippen molar-refractivity contribution < 1.29 is 0 Å². The van der Waals surface area contributed by atoms with E-state index in [4.69, 9.17) is 33.2 Å². The van der Waals surface area contributed by atoms with Gasteiger partial charge in [-0.1, -0.05) is 47.5 Å². The number of benzene rings is 3. The molecule has 0 atom stereocenters. The Balaban J connectivity index is 1.77. The molecule has 0 unspecified atom stereocenters. The highest BCUT2D eigenvalue weighted by Crippen LogP contribution is 2.32. The molecule has 0 radical (unpaired) electrons. The minimum Gasteiger partial charge on any atom is -0.369 e. The first-order chi connectivity index (χ1) is 14.4. The fourth-order valence-electron chi connectivity index (χ4n) is 3.54. The van der Waals surface area contributed by atoms with Gasteiger partial charge in [-0.25, -0.2) is 9.97 Å². The first-order valence-electron chi connectivity index (χ1n) is 9.97. The van der Waals surface area contributed by atoms with Crippen LogP contribution in [0.25, 0.3) is 33.1 Å². The van der Waals surface area contributed by atoms with Gasteiger partial charge in [0, 0.05) is 17.5 Å². The van der Waals surface area contributed by atoms with E-state index in [0.717, 1.165) is 58.1 Å². The fourth-order valence-corrected chi connectivity index (χ4v) is 3.89. The molecular formula is C24H24Cl2N4. The van der Waals surface area contributed by atoms with E-state index in [-0.39, 0.29) is 0 Å². The van der Waals surface area contributed by atoms with Crippen molar-refractivity contribution in [3.8, 4) is 11.4 Å². The highest BCUT2D eigenvalue weighted by atomic mass is 35.5. The second-order valence-electron chi connectivity index (χ2n) is 7.78. The van der Waals surface area contributed by atoms with Gasteiger partial charge in [0.05, 0.1) is 15.6 Å². The molecule has 0 bridgehead atoms. The van der Waals surface area contributed by atoms with Crippen LogP contribution >= 0.6 is 23.2 Å². The van der Waals surface area contributed by atoms with E-state index in [2.05, 4.69) is 49.4 Å². The first-order valence-corrected chi connectivity index (χ1v) is 10.7. The second kappa shape index (κ2) is 8.76. The van der Waals surface area contributed by atoms with Gasteiger partial charge in [0.1, 0.15) is 5.82 Å². The molecule has 6 heteroatoms. The molecule has 4 nitrogen and oxygen atoms in total. The van der Waals surface area contributed by atoms with Crippen LogP contribution in [0, 0.1) is 6.92 Å². The summed E-state index contributed by atoms with van der Waals surface area (Å²) in [5.41, 5.74) is 3.04. The average Bonchev–Trinajstić information content (AvgIpc) is 2.72. The summed E-state index contributed by atoms with van der Waals surface area (Å²) in [6, 6.07) is 16.1. The van der Waals surface area contributed by atoms with Crippen LogP contribution in [-0.4, -0.2) is 42.1 Å². The van der Waals surface area contributed by atoms with Crippen molar-refractivity contribution in [3.63, 3.8) is 0 Å². The number of hydrogen-bond donors (Lipinski definition) is 1. The molecule has 0 aliphatic heterocycles. The van der Waals surface area contributed by atoms with E-state index in [1.165, 1.54) is 0 Å². The van der Waals surface area contributed by atoms with Crippen molar-refractivity contribution in [3.05, 3.63) is 64.1 Å². The summed E-state index contributed by atoms with van der Waals surface area (Å²) in [4.78, 5) is 12.0. The Morgan fingerprint density at radius 2 is 1.70 bits per heavy atom. The van der Waals surface area contributed by atoms with Crippen LogP contribution in [0.2, 0.25) is 10.0 Å². The molecule has 0 aliphatic rings. The normalized spacial score (nSPS) is 11.5. The third-order valence-electron chi connectivity index (χ3n) is 5.14. The Morgan fingerprint density at radius 1 is 0.933 bits per heavy atom. The predicted octanol–water partition coefficient (Wildman–Crippen LogP) is 6.43. The monoisotopic (exact) mass is 438 g/mol. The van der Waals surface area contributed by atoms with E-state index < -0.39 is 0 Å². The summed E-state index contributed by atoms with van der Waals surface area (Å²) in [6.07, 6.45) is 1.04. The number of halogens is 2. The van der Waals surface area contributed by atoms with Crippen LogP contribution in [0.15, 0.2) is 48.5 Å². The fraction of sp³-hybridized carbons (Fsp3) is 0.250. The molecule has 1 heterocycles. The maximum absolute atomic E-state index is 6.23. The summed E-state index contributed by atoms with van der Waals surface area (Å²) in [6.45, 7) is 3.95. The molecule has 0 amide bonds. The average molecular weight is 439 g/mol. The van der Waals surface area contributed by atoms with Gasteiger partial charge in [-0.05, 0) is 74.6 Å². The standard InChI is InChI=1S/C24H24Cl2N4/c1-15-6-4-7-19-22(15)28-23(29-24(19)27-10-5-11-30(2)3)17-9-8-16-13-20(25)21(26)14-18(16)12-17/h4,6-9,12-14H,5,10-11H2,1-3H3,(H,27,28,29). The van der Waals surface area contributed by atoms with E-state index >= 15 is 0 Å². The number of anilines is 1. The highest BCUT2D eigenvalue weighted by Gasteiger charge is 2.12. The van der Waals surface area contributed by atoms with Gasteiger partial charge in [-0.3, -0.25) is 0 Å². The maximum Gasteiger partial charge on any atom is 0.162 e. The van der Waals surface area contributed by atoms with Crippen LogP contribution < -0.4 is 5.32 Å². The summed E-state index contributed by atoms with van der Waals surface area (Å²) >= 11 is 12.4. The number of para-hydroxylation sites is 1. The molecule has 0 aliphatic carbocycles. The number of aryl methyl sites for hydroxylation is 1. The van der Waals surface area contributed by atoms with Crippen LogP contribution in [0.4, 0.5) is 5.82 Å². The number of hydrogen-bond acceptors (Lipinski definition) is 4. The lowest BCUT2D eigenvalue weighted by molar-refractivity contribution is 0.405. The summed E-state index contributed by atoms with van der Waals surface area (Å²) < 4.78 is 0. The lowest BCUT2D eigenvalue weighted by Gasteiger charge is -2.14. The maximum atomic E-state index is 6.23. The van der Waals surface area contributed by atoms with Crippen molar-refractivity contribution in [2.24, 2.45) is 0 Å². The summed E-state index contributed by atoms with van der Waals surface area (Å²) in [7, 11) is 4.17. The molecule has 0 fully saturated rings. The van der Waals surface area contributed by atoms with Crippen molar-refractivity contribution in [2.75, 3.05) is 32.5 Å². The van der Waals surface area contributed by atoms with Crippen LogP contribution in [-0.2, 0) is 0 Å². The number of fused-ring (bicyclic) bond motifs is 2. The van der Waals surface area contributed by atoms with Gasteiger partial charge >= 0.3 is 0 Å². The second-order valence-corrected chi connectivity index (χ2v) is 8.59. The minimum atomic E-state index is 0.542. The summed E-state index contributed by atoms with van der Waals surface area (Å²) in [5, 5.41) is 7.70. The largest absolute Gasteiger partial charge is 0.369 e. The Labute approximate surface area is 186 Å². The topological polar surface area (TPSA) is 41.0 Å². The third-order valence-corrected chi connectivity index (χ3v) is 5.86. The van der Waals surface area contributed by atoms with Crippen molar-refractivity contribution in [2.45, 2.75) is 13.3 Å². The van der Waals surface area contributed by atoms with E-state index in [1.54, 1.807) is 0 Å². The Morgan fingerprint density at radius 3 is 2.47 bits per heavy atom. The number of rotatable bonds is 6. The SMILES string of the molecule is Cc1cccc2c(NCCCN(C)C)nc(-c3ccc4cc(Cl)c(Cl)cc4c3)nc12. The number of nitrogens with zero attached hydrogens (tertiary/aromatic N) is 3. The highest BCUT2D eigenvalue weighted by molar-refractivity contribution is 6.42. The molecule has 4 aromatic rings. The van der Waals surface area contributed by atoms with Crippen molar-refractivity contribution >= 4 is 50.7 Å². The van der Waals surface area contributed by atoms with E-state index in [1.807, 2.05) is 30.3 Å². The Bertz CT molecular complexity index is 1220. The van der Waals surface area contributed by atoms with Crippen LogP contribution in [0.5, 0.6) is 0 Å². The van der Waals surface area contributed by atoms with Gasteiger partial charge in [0.15, 0.2) is 5.82 Å². The summed E-state index contributed by atoms with van der Waals surface area (Å²) in [5.74, 6) is 1.56. The Hall–Kier alpha value is -2.40. The van der Waals surface area contributed by atoms with E-state index in [0.29, 0.717) is 15.9 Å². The Kier molecular flexibility index (Phi) is 6.09. The molecule has 0 saturated heterocycles. The van der Waals surface area contributed by atoms with Gasteiger partial charge in [-0.2, -0.15) is 0 Å². The van der Waals surface area contributed by atoms with Gasteiger partial charge in [0.25, 0.3) is 0 Å².